The average molecular weight is 299 g/mol. The zero-order chi connectivity index (χ0) is 10.7. The minimum Gasteiger partial charge on any atom is -1.00 e. The van der Waals surface area contributed by atoms with E-state index in [1.807, 2.05) is 12.1 Å². The molecule has 0 aliphatic heterocycles. The molecule has 1 nitrogen and oxygen atoms in total. The first-order valence-electron chi connectivity index (χ1n) is 4.94. The van der Waals surface area contributed by atoms with Gasteiger partial charge < -0.3 is 17.0 Å². The van der Waals surface area contributed by atoms with E-state index in [1.54, 1.807) is 0 Å². The van der Waals surface area contributed by atoms with Crippen LogP contribution in [0.1, 0.15) is 11.1 Å². The number of nitrogens with zero attached hydrogens (tertiary/aromatic N) is 1. The van der Waals surface area contributed by atoms with Crippen LogP contribution in [0.25, 0.3) is 0 Å². The number of hydrogen-bond acceptors (Lipinski definition) is 0. The Balaban J connectivity index is 0.00000128. The van der Waals surface area contributed by atoms with Crippen LogP contribution in [0, 0.1) is 6.92 Å². The number of benzene rings is 1. The summed E-state index contributed by atoms with van der Waals surface area (Å²) < 4.78 is 2.15. The highest BCUT2D eigenvalue weighted by Gasteiger charge is 2.01. The first-order chi connectivity index (χ1) is 7.24. The van der Waals surface area contributed by atoms with Gasteiger partial charge in [-0.3, -0.25) is 0 Å². The Morgan fingerprint density at radius 3 is 2.12 bits per heavy atom. The summed E-state index contributed by atoms with van der Waals surface area (Å²) in [5.74, 6) is 0. The minimum absolute atomic E-state index is 0. The highest BCUT2D eigenvalue weighted by molar-refractivity contribution is 6.30. The summed E-state index contributed by atoms with van der Waals surface area (Å²) in [6, 6.07) is 12.2. The molecule has 0 N–H and O–H groups in total. The molecule has 1 heterocycles. The van der Waals surface area contributed by atoms with Gasteiger partial charge in [0.2, 0.25) is 0 Å². The maximum absolute atomic E-state index is 5.83. The topological polar surface area (TPSA) is 3.88 Å². The van der Waals surface area contributed by atoms with Crippen LogP contribution in [0.4, 0.5) is 0 Å². The molecule has 84 valence electrons. The number of aromatic nitrogens is 1. The average Bonchev–Trinajstić information content (AvgIpc) is 2.25. The predicted octanol–water partition coefficient (Wildman–Crippen LogP) is -0.0118. The van der Waals surface area contributed by atoms with Crippen molar-refractivity contribution in [2.24, 2.45) is 0 Å². The summed E-state index contributed by atoms with van der Waals surface area (Å²) >= 11 is 5.83. The second-order valence-corrected chi connectivity index (χ2v) is 4.11. The van der Waals surface area contributed by atoms with Crippen LogP contribution < -0.4 is 21.5 Å². The molecule has 0 aliphatic carbocycles. The van der Waals surface area contributed by atoms with Gasteiger partial charge in [-0.15, -0.1) is 0 Å². The third-order valence-electron chi connectivity index (χ3n) is 2.34. The standard InChI is InChI=1S/C13H13ClN.BrH/c1-11-6-8-15(9-7-11)10-12-2-4-13(14)5-3-12;/h2-9H,10H2,1H3;1H/q+1;/p-1. The second-order valence-electron chi connectivity index (χ2n) is 3.67. The van der Waals surface area contributed by atoms with Crippen molar-refractivity contribution in [2.45, 2.75) is 13.5 Å². The Labute approximate surface area is 111 Å². The molecule has 2 rings (SSSR count). The third-order valence-corrected chi connectivity index (χ3v) is 2.59. The van der Waals surface area contributed by atoms with Gasteiger partial charge in [-0.05, 0) is 24.6 Å². The number of halogens is 2. The minimum atomic E-state index is 0. The molecule has 0 fully saturated rings. The number of rotatable bonds is 2. The van der Waals surface area contributed by atoms with Gasteiger partial charge in [-0.1, -0.05) is 23.7 Å². The maximum atomic E-state index is 5.83. The van der Waals surface area contributed by atoms with Crippen molar-refractivity contribution in [3.05, 3.63) is 64.9 Å². The molecule has 0 saturated heterocycles. The van der Waals surface area contributed by atoms with Crippen molar-refractivity contribution >= 4 is 11.6 Å². The summed E-state index contributed by atoms with van der Waals surface area (Å²) in [7, 11) is 0. The van der Waals surface area contributed by atoms with E-state index in [-0.39, 0.29) is 17.0 Å². The fourth-order valence-electron chi connectivity index (χ4n) is 1.44. The quantitative estimate of drug-likeness (QED) is 0.687. The summed E-state index contributed by atoms with van der Waals surface area (Å²) in [5.41, 5.74) is 2.54. The summed E-state index contributed by atoms with van der Waals surface area (Å²) in [6.45, 7) is 2.98. The molecule has 1 aromatic carbocycles. The van der Waals surface area contributed by atoms with E-state index in [0.717, 1.165) is 11.6 Å². The molecular formula is C13H13BrClN. The van der Waals surface area contributed by atoms with E-state index in [9.17, 15) is 0 Å². The van der Waals surface area contributed by atoms with E-state index in [1.165, 1.54) is 11.1 Å². The fraction of sp³-hybridized carbons (Fsp3) is 0.154. The molecule has 1 aromatic heterocycles. The van der Waals surface area contributed by atoms with Gasteiger partial charge >= 0.3 is 0 Å². The molecule has 0 unspecified atom stereocenters. The highest BCUT2D eigenvalue weighted by atomic mass is 79.9. The van der Waals surface area contributed by atoms with Crippen molar-refractivity contribution in [1.29, 1.82) is 0 Å². The molecular weight excluding hydrogens is 286 g/mol. The summed E-state index contributed by atoms with van der Waals surface area (Å²) in [4.78, 5) is 0. The van der Waals surface area contributed by atoms with Gasteiger partial charge in [0.15, 0.2) is 18.9 Å². The van der Waals surface area contributed by atoms with Crippen LogP contribution in [-0.4, -0.2) is 0 Å². The van der Waals surface area contributed by atoms with Crippen LogP contribution in [0.3, 0.4) is 0 Å². The van der Waals surface area contributed by atoms with Crippen LogP contribution in [0.5, 0.6) is 0 Å². The number of hydrogen-bond donors (Lipinski definition) is 0. The van der Waals surface area contributed by atoms with Gasteiger partial charge in [0.1, 0.15) is 0 Å². The van der Waals surface area contributed by atoms with Crippen LogP contribution >= 0.6 is 11.6 Å². The third kappa shape index (κ3) is 3.62. The molecule has 0 saturated carbocycles. The Bertz CT molecular complexity index is 393. The lowest BCUT2D eigenvalue weighted by molar-refractivity contribution is -0.688. The van der Waals surface area contributed by atoms with Crippen molar-refractivity contribution in [3.8, 4) is 0 Å². The zero-order valence-electron chi connectivity index (χ0n) is 9.03. The lowest BCUT2D eigenvalue weighted by Crippen LogP contribution is -3.00. The van der Waals surface area contributed by atoms with Crippen LogP contribution in [-0.2, 0) is 6.54 Å². The van der Waals surface area contributed by atoms with Gasteiger partial charge in [0.25, 0.3) is 0 Å². The molecule has 16 heavy (non-hydrogen) atoms. The Morgan fingerprint density at radius 1 is 1.00 bits per heavy atom. The second kappa shape index (κ2) is 6.02. The maximum Gasteiger partial charge on any atom is 0.173 e. The monoisotopic (exact) mass is 297 g/mol. The highest BCUT2D eigenvalue weighted by Crippen LogP contribution is 2.08. The molecule has 0 aliphatic rings. The smallest absolute Gasteiger partial charge is 0.173 e. The Morgan fingerprint density at radius 2 is 1.56 bits per heavy atom. The van der Waals surface area contributed by atoms with Gasteiger partial charge in [-0.25, -0.2) is 4.57 Å². The fourth-order valence-corrected chi connectivity index (χ4v) is 1.56. The Hall–Kier alpha value is -0.860. The van der Waals surface area contributed by atoms with Crippen molar-refractivity contribution in [1.82, 2.24) is 0 Å². The molecule has 0 bridgehead atoms. The molecule has 2 aromatic rings. The summed E-state index contributed by atoms with van der Waals surface area (Å²) in [5, 5.41) is 0.785. The van der Waals surface area contributed by atoms with Gasteiger partial charge in [-0.2, -0.15) is 0 Å². The number of pyridine rings is 1. The van der Waals surface area contributed by atoms with Crippen molar-refractivity contribution < 1.29 is 21.5 Å². The molecule has 0 radical (unpaired) electrons. The van der Waals surface area contributed by atoms with E-state index < -0.39 is 0 Å². The van der Waals surface area contributed by atoms with Crippen molar-refractivity contribution in [3.63, 3.8) is 0 Å². The first-order valence-corrected chi connectivity index (χ1v) is 5.32. The van der Waals surface area contributed by atoms with Crippen LogP contribution in [0.15, 0.2) is 48.8 Å². The van der Waals surface area contributed by atoms with E-state index >= 15 is 0 Å². The SMILES string of the molecule is Cc1cc[n+](Cc2ccc(Cl)cc2)cc1.[Br-]. The van der Waals surface area contributed by atoms with Gasteiger partial charge in [0, 0.05) is 22.7 Å². The van der Waals surface area contributed by atoms with Crippen molar-refractivity contribution in [2.75, 3.05) is 0 Å². The molecule has 0 atom stereocenters. The first kappa shape index (κ1) is 13.2. The molecule has 0 amide bonds. The summed E-state index contributed by atoms with van der Waals surface area (Å²) in [6.07, 6.45) is 4.17. The largest absolute Gasteiger partial charge is 1.00 e. The Kier molecular flexibility index (Phi) is 4.97. The lowest BCUT2D eigenvalue weighted by atomic mass is 10.2. The number of aryl methyl sites for hydroxylation is 1. The van der Waals surface area contributed by atoms with E-state index in [0.29, 0.717) is 0 Å². The predicted molar refractivity (Wildman–Crippen MR) is 61.9 cm³/mol. The lowest BCUT2D eigenvalue weighted by Gasteiger charge is -1.98. The molecule has 0 spiro atoms. The zero-order valence-corrected chi connectivity index (χ0v) is 11.4. The van der Waals surface area contributed by atoms with E-state index in [2.05, 4.69) is 48.1 Å². The normalized spacial score (nSPS) is 9.62. The van der Waals surface area contributed by atoms with Gasteiger partial charge in [0.05, 0.1) is 0 Å². The molecule has 3 heteroatoms. The van der Waals surface area contributed by atoms with Crippen LogP contribution in [0.2, 0.25) is 5.02 Å². The van der Waals surface area contributed by atoms with E-state index in [4.69, 9.17) is 11.6 Å².